The maximum absolute atomic E-state index is 14.5. The molecular formula is C17H15ClF4N2O4. The normalized spacial score (nSPS) is 11.6. The molecular weight excluding hydrogens is 408 g/mol. The first-order valence-corrected chi connectivity index (χ1v) is 8.38. The Hall–Kier alpha value is -2.62. The average Bonchev–Trinajstić information content (AvgIpc) is 2.57. The fourth-order valence-corrected chi connectivity index (χ4v) is 2.24. The van der Waals surface area contributed by atoms with Crippen LogP contribution in [0.5, 0.6) is 11.8 Å². The van der Waals surface area contributed by atoms with Crippen LogP contribution in [0.1, 0.15) is 26.5 Å². The number of esters is 1. The van der Waals surface area contributed by atoms with Crippen LogP contribution in [0.3, 0.4) is 0 Å². The van der Waals surface area contributed by atoms with Crippen molar-refractivity contribution in [1.82, 2.24) is 9.55 Å². The minimum atomic E-state index is -4.90. The number of carbonyl (C=O) groups excluding carboxylic acids is 1. The maximum Gasteiger partial charge on any atom is 0.433 e. The smallest absolute Gasteiger partial charge is 0.433 e. The van der Waals surface area contributed by atoms with Gasteiger partial charge < -0.3 is 9.47 Å². The lowest BCUT2D eigenvalue weighted by Crippen LogP contribution is -2.26. The van der Waals surface area contributed by atoms with E-state index in [1.807, 2.05) is 0 Å². The van der Waals surface area contributed by atoms with Gasteiger partial charge in [-0.05, 0) is 13.0 Å². The van der Waals surface area contributed by atoms with Crippen molar-refractivity contribution in [2.45, 2.75) is 26.9 Å². The Morgan fingerprint density at radius 2 is 1.93 bits per heavy atom. The summed E-state index contributed by atoms with van der Waals surface area (Å²) in [5, 5.41) is -0.263. The van der Waals surface area contributed by atoms with E-state index in [4.69, 9.17) is 21.1 Å². The largest absolute Gasteiger partial charge is 0.465 e. The number of alkyl halides is 3. The van der Waals surface area contributed by atoms with E-state index >= 15 is 0 Å². The predicted molar refractivity (Wildman–Crippen MR) is 91.4 cm³/mol. The van der Waals surface area contributed by atoms with Crippen LogP contribution in [-0.4, -0.2) is 22.1 Å². The highest BCUT2D eigenvalue weighted by Gasteiger charge is 2.35. The van der Waals surface area contributed by atoms with E-state index in [0.717, 1.165) is 12.1 Å². The number of hydrogen-bond acceptors (Lipinski definition) is 5. The van der Waals surface area contributed by atoms with Crippen molar-refractivity contribution >= 4 is 17.6 Å². The Morgan fingerprint density at radius 3 is 2.46 bits per heavy atom. The summed E-state index contributed by atoms with van der Waals surface area (Å²) in [5.74, 6) is -2.54. The molecule has 0 unspecified atom stereocenters. The Kier molecular flexibility index (Phi) is 6.33. The molecule has 0 amide bonds. The fraction of sp³-hybridized carbons (Fsp3) is 0.353. The number of hydrogen-bond donors (Lipinski definition) is 0. The van der Waals surface area contributed by atoms with Crippen LogP contribution in [0.4, 0.5) is 17.6 Å². The van der Waals surface area contributed by atoms with Gasteiger partial charge in [-0.15, -0.1) is 0 Å². The van der Waals surface area contributed by atoms with E-state index in [-0.39, 0.29) is 23.4 Å². The molecule has 0 aliphatic heterocycles. The standard InChI is InChI=1S/C17H15ClF4N2O4/c1-4-27-16-23-13(17(20,21)22)7-14(25)24(16)11-6-12(9(18)5-10(11)19)28-15(26)8(2)3/h5-8H,4H2,1-3H3. The lowest BCUT2D eigenvalue weighted by molar-refractivity contribution is -0.141. The first-order chi connectivity index (χ1) is 13.0. The van der Waals surface area contributed by atoms with Crippen LogP contribution in [0, 0.1) is 11.7 Å². The summed E-state index contributed by atoms with van der Waals surface area (Å²) in [5.41, 5.74) is -3.27. The highest BCUT2D eigenvalue weighted by Crippen LogP contribution is 2.32. The molecule has 152 valence electrons. The molecule has 0 saturated carbocycles. The lowest BCUT2D eigenvalue weighted by atomic mass is 10.2. The van der Waals surface area contributed by atoms with Gasteiger partial charge in [-0.3, -0.25) is 9.59 Å². The molecule has 6 nitrogen and oxygen atoms in total. The van der Waals surface area contributed by atoms with Crippen LogP contribution in [0.25, 0.3) is 5.69 Å². The van der Waals surface area contributed by atoms with Gasteiger partial charge in [0.2, 0.25) is 0 Å². The molecule has 2 aromatic rings. The molecule has 2 rings (SSSR count). The Bertz CT molecular complexity index is 957. The van der Waals surface area contributed by atoms with Crippen molar-refractivity contribution in [3.05, 3.63) is 45.1 Å². The van der Waals surface area contributed by atoms with Crippen molar-refractivity contribution in [2.75, 3.05) is 6.61 Å². The van der Waals surface area contributed by atoms with E-state index in [9.17, 15) is 27.2 Å². The van der Waals surface area contributed by atoms with Crippen molar-refractivity contribution < 1.29 is 31.8 Å². The van der Waals surface area contributed by atoms with Gasteiger partial charge in [0.05, 0.1) is 23.2 Å². The van der Waals surface area contributed by atoms with E-state index in [1.165, 1.54) is 6.92 Å². The van der Waals surface area contributed by atoms with Gasteiger partial charge in [-0.25, -0.2) is 8.96 Å². The summed E-state index contributed by atoms with van der Waals surface area (Å²) in [6.07, 6.45) is -4.90. The number of ether oxygens (including phenoxy) is 2. The topological polar surface area (TPSA) is 70.4 Å². The molecule has 0 fully saturated rings. The summed E-state index contributed by atoms with van der Waals surface area (Å²) in [7, 11) is 0. The van der Waals surface area contributed by atoms with Gasteiger partial charge in [0.15, 0.2) is 11.4 Å². The van der Waals surface area contributed by atoms with Crippen LogP contribution in [0.2, 0.25) is 5.02 Å². The molecule has 0 aliphatic carbocycles. The zero-order chi connectivity index (χ0) is 21.2. The van der Waals surface area contributed by atoms with Gasteiger partial charge in [0.1, 0.15) is 5.82 Å². The number of rotatable bonds is 5. The molecule has 0 bridgehead atoms. The minimum absolute atomic E-state index is 0.141. The number of carbonyl (C=O) groups is 1. The molecule has 1 heterocycles. The second kappa shape index (κ2) is 8.17. The van der Waals surface area contributed by atoms with E-state index in [2.05, 4.69) is 4.98 Å². The molecule has 0 atom stereocenters. The Balaban J connectivity index is 2.70. The summed E-state index contributed by atoms with van der Waals surface area (Å²) in [6, 6.07) is 1.11. The SMILES string of the molecule is CCOc1nc(C(F)(F)F)cc(=O)n1-c1cc(OC(=O)C(C)C)c(Cl)cc1F. The number of aromatic nitrogens is 2. The highest BCUT2D eigenvalue weighted by molar-refractivity contribution is 6.32. The average molecular weight is 423 g/mol. The second-order valence-electron chi connectivity index (χ2n) is 5.84. The molecule has 0 aliphatic rings. The monoisotopic (exact) mass is 422 g/mol. The summed E-state index contributed by atoms with van der Waals surface area (Å²) < 4.78 is 63.8. The molecule has 0 saturated heterocycles. The number of nitrogens with zero attached hydrogens (tertiary/aromatic N) is 2. The quantitative estimate of drug-likeness (QED) is 0.414. The van der Waals surface area contributed by atoms with Gasteiger partial charge in [-0.1, -0.05) is 25.4 Å². The summed E-state index contributed by atoms with van der Waals surface area (Å²) in [4.78, 5) is 27.3. The molecule has 1 aromatic heterocycles. The fourth-order valence-electron chi connectivity index (χ4n) is 2.05. The van der Waals surface area contributed by atoms with Gasteiger partial charge in [-0.2, -0.15) is 18.2 Å². The van der Waals surface area contributed by atoms with Crippen molar-refractivity contribution in [3.63, 3.8) is 0 Å². The van der Waals surface area contributed by atoms with E-state index in [0.29, 0.717) is 4.57 Å². The summed E-state index contributed by atoms with van der Waals surface area (Å²) in [6.45, 7) is 4.42. The van der Waals surface area contributed by atoms with Crippen LogP contribution < -0.4 is 15.0 Å². The first-order valence-electron chi connectivity index (χ1n) is 8.00. The maximum atomic E-state index is 14.5. The van der Waals surface area contributed by atoms with Gasteiger partial charge in [0, 0.05) is 12.1 Å². The molecule has 11 heteroatoms. The molecule has 0 spiro atoms. The van der Waals surface area contributed by atoms with Crippen LogP contribution >= 0.6 is 11.6 Å². The van der Waals surface area contributed by atoms with E-state index < -0.39 is 46.8 Å². The zero-order valence-electron chi connectivity index (χ0n) is 14.9. The first kappa shape index (κ1) is 21.7. The van der Waals surface area contributed by atoms with Crippen LogP contribution in [0.15, 0.2) is 23.0 Å². The van der Waals surface area contributed by atoms with Crippen molar-refractivity contribution in [1.29, 1.82) is 0 Å². The third-order valence-corrected chi connectivity index (χ3v) is 3.67. The van der Waals surface area contributed by atoms with Gasteiger partial charge in [0.25, 0.3) is 5.56 Å². The predicted octanol–water partition coefficient (Wildman–Crippen LogP) is 4.00. The lowest BCUT2D eigenvalue weighted by Gasteiger charge is -2.16. The molecule has 0 radical (unpaired) electrons. The van der Waals surface area contributed by atoms with Crippen molar-refractivity contribution in [3.8, 4) is 17.4 Å². The minimum Gasteiger partial charge on any atom is -0.465 e. The van der Waals surface area contributed by atoms with Gasteiger partial charge >= 0.3 is 18.2 Å². The number of benzene rings is 1. The zero-order valence-corrected chi connectivity index (χ0v) is 15.7. The summed E-state index contributed by atoms with van der Waals surface area (Å²) >= 11 is 5.86. The third kappa shape index (κ3) is 4.61. The second-order valence-corrected chi connectivity index (χ2v) is 6.25. The highest BCUT2D eigenvalue weighted by atomic mass is 35.5. The Labute approximate surface area is 161 Å². The van der Waals surface area contributed by atoms with Crippen LogP contribution in [-0.2, 0) is 11.0 Å². The molecule has 1 aromatic carbocycles. The van der Waals surface area contributed by atoms with E-state index in [1.54, 1.807) is 13.8 Å². The number of halogens is 5. The van der Waals surface area contributed by atoms with Crippen molar-refractivity contribution in [2.24, 2.45) is 5.92 Å². The molecule has 0 N–H and O–H groups in total. The third-order valence-electron chi connectivity index (χ3n) is 3.38. The molecule has 28 heavy (non-hydrogen) atoms. The Morgan fingerprint density at radius 1 is 1.29 bits per heavy atom.